The molecule has 1 atom stereocenters. The molecule has 0 spiro atoms. The van der Waals surface area contributed by atoms with Crippen LogP contribution < -0.4 is 16.2 Å². The maximum atomic E-state index is 12.6. The zero-order valence-corrected chi connectivity index (χ0v) is 21.4. The number of H-pyrrole nitrogens is 1. The third kappa shape index (κ3) is 4.25. The molecule has 2 aliphatic heterocycles. The summed E-state index contributed by atoms with van der Waals surface area (Å²) in [6, 6.07) is 8.19. The number of hydrogen-bond acceptors (Lipinski definition) is 4. The molecule has 0 saturated carbocycles. The monoisotopic (exact) mass is 492 g/mol. The first kappa shape index (κ1) is 25.5. The Labute approximate surface area is 207 Å². The number of benzene rings is 2. The van der Waals surface area contributed by atoms with E-state index in [9.17, 15) is 4.79 Å². The lowest BCUT2D eigenvalue weighted by molar-refractivity contribution is 0.0483. The average molecular weight is 493 g/mol. The minimum absolute atomic E-state index is 0. The van der Waals surface area contributed by atoms with Gasteiger partial charge in [0.1, 0.15) is 11.4 Å². The molecule has 1 saturated heterocycles. The molecule has 0 aliphatic carbocycles. The van der Waals surface area contributed by atoms with E-state index >= 15 is 0 Å². The number of likely N-dealkylation sites (tertiary alicyclic amines) is 1. The Morgan fingerprint density at radius 3 is 2.45 bits per heavy atom. The van der Waals surface area contributed by atoms with Crippen LogP contribution in [0, 0.1) is 20.8 Å². The fourth-order valence-electron chi connectivity index (χ4n) is 5.55. The number of nitrogens with two attached hydrogens (primary N) is 1. The summed E-state index contributed by atoms with van der Waals surface area (Å²) >= 11 is 0. The van der Waals surface area contributed by atoms with E-state index in [1.165, 1.54) is 16.7 Å². The third-order valence-electron chi connectivity index (χ3n) is 7.44. The van der Waals surface area contributed by atoms with Crippen molar-refractivity contribution < 1.29 is 4.74 Å². The lowest BCUT2D eigenvalue weighted by atomic mass is 9.91. The van der Waals surface area contributed by atoms with Crippen LogP contribution in [0.1, 0.15) is 48.1 Å². The van der Waals surface area contributed by atoms with Crippen LogP contribution >= 0.6 is 24.8 Å². The minimum atomic E-state index is -0.247. The van der Waals surface area contributed by atoms with E-state index in [-0.39, 0.29) is 42.1 Å². The standard InChI is InChI=1S/C25H32N4O2.2ClH/c1-15-16(2)23-19(17(3)22(15)26)13-25(4,31-23)14-28-11-9-18(10-12-28)29-21-8-6-5-7-20(21)27-24(29)30;;/h5-8,18H,9-14,26H2,1-4H3,(H,27,30);2*1H. The van der Waals surface area contributed by atoms with Gasteiger partial charge < -0.3 is 15.5 Å². The molecule has 6 nitrogen and oxygen atoms in total. The molecule has 5 rings (SSSR count). The molecular formula is C25H34Cl2N4O2. The number of nitrogens with zero attached hydrogens (tertiary/aromatic N) is 2. The summed E-state index contributed by atoms with van der Waals surface area (Å²) in [6.45, 7) is 11.3. The SMILES string of the molecule is Cc1c(C)c2c(c(C)c1N)CC(C)(CN1CCC(n3c(=O)[nH]c4ccccc43)CC1)O2.Cl.Cl. The van der Waals surface area contributed by atoms with E-state index in [0.29, 0.717) is 0 Å². The summed E-state index contributed by atoms with van der Waals surface area (Å²) in [4.78, 5) is 18.0. The fourth-order valence-corrected chi connectivity index (χ4v) is 5.55. The van der Waals surface area contributed by atoms with Crippen LogP contribution in [0.5, 0.6) is 5.75 Å². The van der Waals surface area contributed by atoms with E-state index in [1.54, 1.807) is 0 Å². The molecule has 0 bridgehead atoms. The number of hydrogen-bond donors (Lipinski definition) is 2. The zero-order valence-electron chi connectivity index (χ0n) is 19.7. The van der Waals surface area contributed by atoms with Crippen LogP contribution in [-0.2, 0) is 6.42 Å². The molecule has 8 heteroatoms. The highest BCUT2D eigenvalue weighted by Crippen LogP contribution is 2.44. The number of ether oxygens (including phenoxy) is 1. The molecule has 33 heavy (non-hydrogen) atoms. The van der Waals surface area contributed by atoms with Gasteiger partial charge in [0.2, 0.25) is 0 Å². The van der Waals surface area contributed by atoms with E-state index in [1.807, 2.05) is 28.8 Å². The first-order valence-corrected chi connectivity index (χ1v) is 11.3. The first-order valence-electron chi connectivity index (χ1n) is 11.3. The number of anilines is 1. The van der Waals surface area contributed by atoms with E-state index < -0.39 is 0 Å². The molecule has 2 aromatic carbocycles. The van der Waals surface area contributed by atoms with Crippen molar-refractivity contribution in [2.24, 2.45) is 0 Å². The Morgan fingerprint density at radius 1 is 1.09 bits per heavy atom. The van der Waals surface area contributed by atoms with Gasteiger partial charge in [0.05, 0.1) is 11.0 Å². The Morgan fingerprint density at radius 2 is 1.76 bits per heavy atom. The van der Waals surface area contributed by atoms with E-state index in [2.05, 4.69) is 37.6 Å². The average Bonchev–Trinajstić information content (AvgIpc) is 3.28. The van der Waals surface area contributed by atoms with Crippen molar-refractivity contribution >= 4 is 41.5 Å². The maximum absolute atomic E-state index is 12.6. The number of halogens is 2. The van der Waals surface area contributed by atoms with E-state index in [4.69, 9.17) is 10.5 Å². The van der Waals surface area contributed by atoms with Gasteiger partial charge in [-0.15, -0.1) is 24.8 Å². The molecule has 0 amide bonds. The number of nitrogen functional groups attached to an aromatic ring is 1. The first-order chi connectivity index (χ1) is 14.8. The molecule has 1 aromatic heterocycles. The van der Waals surface area contributed by atoms with Crippen molar-refractivity contribution in [1.82, 2.24) is 14.5 Å². The summed E-state index contributed by atoms with van der Waals surface area (Å²) in [7, 11) is 0. The molecular weight excluding hydrogens is 459 g/mol. The summed E-state index contributed by atoms with van der Waals surface area (Å²) in [6.07, 6.45) is 2.82. The molecule has 3 aromatic rings. The number of para-hydroxylation sites is 2. The number of fused-ring (bicyclic) bond motifs is 2. The predicted molar refractivity (Wildman–Crippen MR) is 140 cm³/mol. The predicted octanol–water partition coefficient (Wildman–Crippen LogP) is 4.71. The van der Waals surface area contributed by atoms with Crippen LogP contribution in [0.4, 0.5) is 5.69 Å². The largest absolute Gasteiger partial charge is 0.485 e. The van der Waals surface area contributed by atoms with Gasteiger partial charge in [0.15, 0.2) is 0 Å². The van der Waals surface area contributed by atoms with Crippen molar-refractivity contribution in [3.63, 3.8) is 0 Å². The topological polar surface area (TPSA) is 76.3 Å². The Balaban J connectivity index is 0.00000153. The van der Waals surface area contributed by atoms with Gasteiger partial charge in [0.25, 0.3) is 0 Å². The highest BCUT2D eigenvalue weighted by atomic mass is 35.5. The van der Waals surface area contributed by atoms with Gasteiger partial charge in [0, 0.05) is 43.3 Å². The Kier molecular flexibility index (Phi) is 7.13. The maximum Gasteiger partial charge on any atom is 0.326 e. The lowest BCUT2D eigenvalue weighted by Crippen LogP contribution is -2.47. The number of piperidine rings is 1. The van der Waals surface area contributed by atoms with Crippen molar-refractivity contribution in [3.8, 4) is 5.75 Å². The van der Waals surface area contributed by atoms with Crippen LogP contribution in [0.3, 0.4) is 0 Å². The van der Waals surface area contributed by atoms with Crippen LogP contribution in [0.25, 0.3) is 11.0 Å². The second kappa shape index (κ2) is 9.24. The number of aromatic amines is 1. The minimum Gasteiger partial charge on any atom is -0.485 e. The quantitative estimate of drug-likeness (QED) is 0.518. The van der Waals surface area contributed by atoms with Crippen molar-refractivity contribution in [2.75, 3.05) is 25.4 Å². The van der Waals surface area contributed by atoms with Gasteiger partial charge in [-0.3, -0.25) is 9.47 Å². The van der Waals surface area contributed by atoms with Gasteiger partial charge in [-0.1, -0.05) is 12.1 Å². The molecule has 0 radical (unpaired) electrons. The van der Waals surface area contributed by atoms with Crippen molar-refractivity contribution in [3.05, 3.63) is 57.0 Å². The Bertz CT molecular complexity index is 1190. The zero-order chi connectivity index (χ0) is 21.9. The number of rotatable bonds is 3. The second-order valence-electron chi connectivity index (χ2n) is 9.65. The smallest absolute Gasteiger partial charge is 0.326 e. The summed E-state index contributed by atoms with van der Waals surface area (Å²) < 4.78 is 8.52. The Hall–Kier alpha value is -2.15. The van der Waals surface area contributed by atoms with Crippen LogP contribution in [0.15, 0.2) is 29.1 Å². The van der Waals surface area contributed by atoms with Gasteiger partial charge in [-0.2, -0.15) is 0 Å². The highest BCUT2D eigenvalue weighted by Gasteiger charge is 2.40. The van der Waals surface area contributed by atoms with Gasteiger partial charge in [-0.25, -0.2) is 4.79 Å². The summed E-state index contributed by atoms with van der Waals surface area (Å²) in [5, 5.41) is 0. The lowest BCUT2D eigenvalue weighted by Gasteiger charge is -2.37. The highest BCUT2D eigenvalue weighted by molar-refractivity contribution is 5.85. The molecule has 3 N–H and O–H groups in total. The molecule has 3 heterocycles. The second-order valence-corrected chi connectivity index (χ2v) is 9.65. The number of nitrogens with one attached hydrogen (secondary N) is 1. The van der Waals surface area contributed by atoms with Crippen LogP contribution in [0.2, 0.25) is 0 Å². The summed E-state index contributed by atoms with van der Waals surface area (Å²) in [5.74, 6) is 1.03. The third-order valence-corrected chi connectivity index (χ3v) is 7.44. The van der Waals surface area contributed by atoms with Gasteiger partial charge >= 0.3 is 5.69 Å². The normalized spacial score (nSPS) is 20.7. The molecule has 1 unspecified atom stereocenters. The van der Waals surface area contributed by atoms with Crippen molar-refractivity contribution in [1.29, 1.82) is 0 Å². The number of imidazole rings is 1. The van der Waals surface area contributed by atoms with Gasteiger partial charge in [-0.05, 0) is 69.4 Å². The molecule has 2 aliphatic rings. The fraction of sp³-hybridized carbons (Fsp3) is 0.480. The molecule has 1 fully saturated rings. The van der Waals surface area contributed by atoms with E-state index in [0.717, 1.165) is 66.9 Å². The summed E-state index contributed by atoms with van der Waals surface area (Å²) in [5.41, 5.74) is 13.6. The molecule has 180 valence electrons. The number of aromatic nitrogens is 2. The van der Waals surface area contributed by atoms with Crippen molar-refractivity contribution in [2.45, 2.75) is 58.6 Å². The van der Waals surface area contributed by atoms with Crippen LogP contribution in [-0.4, -0.2) is 39.7 Å².